The number of hydrogen-bond donors (Lipinski definition) is 0. The first-order valence-electron chi connectivity index (χ1n) is 45.2. The molecular weight excluding hydrogens is 1210 g/mol. The van der Waals surface area contributed by atoms with Crippen molar-refractivity contribution in [1.29, 1.82) is 0 Å². The molecule has 0 N–H and O–H groups in total. The molecule has 0 spiro atoms. The van der Waals surface area contributed by atoms with Gasteiger partial charge in [0.05, 0.1) is 0 Å². The van der Waals surface area contributed by atoms with Crippen LogP contribution < -0.4 is 10.2 Å². The van der Waals surface area contributed by atoms with Crippen molar-refractivity contribution in [3.05, 3.63) is 0 Å². The number of carboxylic acids is 2. The molecule has 0 aromatic rings. The molecule has 0 bridgehead atoms. The second-order valence-corrected chi connectivity index (χ2v) is 31.4. The van der Waals surface area contributed by atoms with Gasteiger partial charge in [0.2, 0.25) is 0 Å². The van der Waals surface area contributed by atoms with Crippen LogP contribution in [0, 0.1) is 0 Å². The Bertz CT molecular complexity index is 1250. The standard InChI is InChI=1S/2C45H91NO2.Ca/c2*1-4-7-9-11-13-15-17-19-21-23-25-27-29-31-33-35-37-39-41-46(44(6-3)43-45(47)48)42-40-38-36-34-32-30-28-26-24-22-20-18-16-14-12-10-8-5-2;/h2*44H,4-43H2,1-3H3,(H,47,48);/q;;+2/p-2. The summed E-state index contributed by atoms with van der Waals surface area (Å²) in [6, 6.07) is 0.290. The average molecular weight is 1390 g/mol. The van der Waals surface area contributed by atoms with E-state index in [2.05, 4.69) is 51.3 Å². The molecular formula is C90H180CaN2O4. The fourth-order valence-corrected chi connectivity index (χ4v) is 15.3. The quantitative estimate of drug-likeness (QED) is 0.0445. The molecule has 0 saturated carbocycles. The van der Waals surface area contributed by atoms with E-state index in [1.165, 1.54) is 462 Å². The number of carboxylic acid groups (broad SMARTS) is 2. The zero-order valence-electron chi connectivity index (χ0n) is 68.0. The van der Waals surface area contributed by atoms with Crippen molar-refractivity contribution in [3.8, 4) is 0 Å². The van der Waals surface area contributed by atoms with Crippen LogP contribution in [0.15, 0.2) is 0 Å². The van der Waals surface area contributed by atoms with Crippen molar-refractivity contribution in [2.45, 2.75) is 542 Å². The Hall–Kier alpha value is 0.120. The van der Waals surface area contributed by atoms with Crippen LogP contribution in [0.1, 0.15) is 530 Å². The smallest absolute Gasteiger partial charge is 0.550 e. The number of aliphatic carboxylic acids is 2. The van der Waals surface area contributed by atoms with E-state index < -0.39 is 11.9 Å². The van der Waals surface area contributed by atoms with Gasteiger partial charge in [0, 0.05) is 36.9 Å². The van der Waals surface area contributed by atoms with E-state index in [1.807, 2.05) is 0 Å². The summed E-state index contributed by atoms with van der Waals surface area (Å²) in [5, 5.41) is 22.8. The Balaban J connectivity index is -0.00000180. The maximum atomic E-state index is 11.4. The molecule has 0 aliphatic rings. The normalized spacial score (nSPS) is 12.2. The maximum Gasteiger partial charge on any atom is 2.00 e. The van der Waals surface area contributed by atoms with E-state index in [0.717, 1.165) is 39.0 Å². The number of carbonyl (C=O) groups is 2. The van der Waals surface area contributed by atoms with Gasteiger partial charge in [-0.25, -0.2) is 0 Å². The SMILES string of the molecule is CCCCCCCCCCCCCCCCCCCCN(CCCCCCCCCCCCCCCCCCCC)C(CC)CC(=O)[O-].CCCCCCCCCCCCCCCCCCCCN(CCCCCCCCCCCCCCCCCCCC)C(CC)CC(=O)[O-].[Ca+2]. The molecule has 2 atom stereocenters. The average Bonchev–Trinajstić information content (AvgIpc) is 2.37. The van der Waals surface area contributed by atoms with Gasteiger partial charge in [-0.2, -0.15) is 0 Å². The number of hydrogen-bond acceptors (Lipinski definition) is 6. The molecule has 0 amide bonds. The molecule has 97 heavy (non-hydrogen) atoms. The van der Waals surface area contributed by atoms with Gasteiger partial charge in [-0.15, -0.1) is 0 Å². The third-order valence-corrected chi connectivity index (χ3v) is 22.0. The van der Waals surface area contributed by atoms with Crippen LogP contribution in [0.5, 0.6) is 0 Å². The van der Waals surface area contributed by atoms with Gasteiger partial charge in [-0.05, 0) is 64.7 Å². The summed E-state index contributed by atoms with van der Waals surface area (Å²) in [4.78, 5) is 27.8. The fraction of sp³-hybridized carbons (Fsp3) is 0.978. The van der Waals surface area contributed by atoms with Gasteiger partial charge in [-0.1, -0.05) is 478 Å². The van der Waals surface area contributed by atoms with E-state index in [9.17, 15) is 19.8 Å². The van der Waals surface area contributed by atoms with Crippen LogP contribution in [0.2, 0.25) is 0 Å². The summed E-state index contributed by atoms with van der Waals surface area (Å²) in [5.41, 5.74) is 0. The molecule has 6 nitrogen and oxygen atoms in total. The predicted octanol–water partition coefficient (Wildman–Crippen LogP) is 28.2. The third-order valence-electron chi connectivity index (χ3n) is 22.0. The van der Waals surface area contributed by atoms with E-state index in [1.54, 1.807) is 0 Å². The molecule has 0 aliphatic heterocycles. The zero-order valence-corrected chi connectivity index (χ0v) is 70.2. The predicted molar refractivity (Wildman–Crippen MR) is 431 cm³/mol. The molecule has 0 radical (unpaired) electrons. The third kappa shape index (κ3) is 84.9. The second-order valence-electron chi connectivity index (χ2n) is 31.4. The minimum absolute atomic E-state index is 0. The minimum Gasteiger partial charge on any atom is -0.550 e. The number of unbranched alkanes of at least 4 members (excludes halogenated alkanes) is 68. The van der Waals surface area contributed by atoms with E-state index in [0.29, 0.717) is 0 Å². The molecule has 0 rings (SSSR count). The molecule has 2 unspecified atom stereocenters. The van der Waals surface area contributed by atoms with Crippen molar-refractivity contribution in [2.75, 3.05) is 26.2 Å². The van der Waals surface area contributed by atoms with Gasteiger partial charge >= 0.3 is 37.7 Å². The van der Waals surface area contributed by atoms with Crippen LogP contribution >= 0.6 is 0 Å². The first-order valence-corrected chi connectivity index (χ1v) is 45.2. The van der Waals surface area contributed by atoms with Crippen LogP contribution in [-0.4, -0.2) is 97.7 Å². The van der Waals surface area contributed by atoms with Crippen molar-refractivity contribution >= 4 is 49.7 Å². The Morgan fingerprint density at radius 2 is 0.299 bits per heavy atom. The molecule has 576 valence electrons. The van der Waals surface area contributed by atoms with E-state index >= 15 is 0 Å². The van der Waals surface area contributed by atoms with E-state index in [-0.39, 0.29) is 62.7 Å². The topological polar surface area (TPSA) is 86.7 Å². The number of nitrogens with zero attached hydrogens (tertiary/aromatic N) is 2. The molecule has 0 saturated heterocycles. The summed E-state index contributed by atoms with van der Waals surface area (Å²) >= 11 is 0. The van der Waals surface area contributed by atoms with Gasteiger partial charge in [0.1, 0.15) is 0 Å². The first-order chi connectivity index (χ1) is 47.3. The fourth-order valence-electron chi connectivity index (χ4n) is 15.3. The van der Waals surface area contributed by atoms with Crippen molar-refractivity contribution in [1.82, 2.24) is 9.80 Å². The Morgan fingerprint density at radius 1 is 0.196 bits per heavy atom. The molecule has 7 heteroatoms. The molecule has 0 aliphatic carbocycles. The monoisotopic (exact) mass is 1390 g/mol. The maximum absolute atomic E-state index is 11.4. The summed E-state index contributed by atoms with van der Waals surface area (Å²) < 4.78 is 0. The van der Waals surface area contributed by atoms with Crippen molar-refractivity contribution < 1.29 is 19.8 Å². The van der Waals surface area contributed by atoms with Crippen LogP contribution in [0.3, 0.4) is 0 Å². The Labute approximate surface area is 642 Å². The van der Waals surface area contributed by atoms with Crippen LogP contribution in [0.25, 0.3) is 0 Å². The Morgan fingerprint density at radius 3 is 0.392 bits per heavy atom. The van der Waals surface area contributed by atoms with Gasteiger partial charge < -0.3 is 29.6 Å². The summed E-state index contributed by atoms with van der Waals surface area (Å²) in [5.74, 6) is -1.77. The number of carbonyl (C=O) groups excluding carboxylic acids is 2. The summed E-state index contributed by atoms with van der Waals surface area (Å²) in [6.45, 7) is 17.7. The Kier molecular flexibility index (Phi) is 94.3. The van der Waals surface area contributed by atoms with Crippen LogP contribution in [0.4, 0.5) is 0 Å². The van der Waals surface area contributed by atoms with Crippen molar-refractivity contribution in [2.24, 2.45) is 0 Å². The summed E-state index contributed by atoms with van der Waals surface area (Å²) in [6.07, 6.45) is 103. The minimum atomic E-state index is -0.887. The van der Waals surface area contributed by atoms with Crippen molar-refractivity contribution in [3.63, 3.8) is 0 Å². The van der Waals surface area contributed by atoms with E-state index in [4.69, 9.17) is 0 Å². The van der Waals surface area contributed by atoms with Gasteiger partial charge in [0.15, 0.2) is 0 Å². The zero-order chi connectivity index (χ0) is 70.0. The first kappa shape index (κ1) is 101. The molecule has 0 fully saturated rings. The molecule has 0 aromatic heterocycles. The number of rotatable bonds is 84. The second kappa shape index (κ2) is 90.3. The van der Waals surface area contributed by atoms with Gasteiger partial charge in [0.25, 0.3) is 0 Å². The largest absolute Gasteiger partial charge is 2.00 e. The van der Waals surface area contributed by atoms with Crippen LogP contribution in [-0.2, 0) is 9.59 Å². The molecule has 0 heterocycles. The van der Waals surface area contributed by atoms with Gasteiger partial charge in [-0.3, -0.25) is 0 Å². The molecule has 0 aromatic carbocycles. The summed E-state index contributed by atoms with van der Waals surface area (Å²) in [7, 11) is 0.